The minimum atomic E-state index is -0.996. The number of carbonyl (C=O) groups excluding carboxylic acids is 1. The van der Waals surface area contributed by atoms with Gasteiger partial charge in [-0.25, -0.2) is 0 Å². The minimum absolute atomic E-state index is 0.0355. The lowest BCUT2D eigenvalue weighted by molar-refractivity contribution is -0.144. The Morgan fingerprint density at radius 2 is 1.84 bits per heavy atom. The Hall–Kier alpha value is -2.16. The fraction of sp³-hybridized carbons (Fsp3) is 0.529. The third kappa shape index (κ3) is 6.33. The van der Waals surface area contributed by atoms with Gasteiger partial charge in [0.1, 0.15) is 5.75 Å². The van der Waals surface area contributed by atoms with E-state index in [4.69, 9.17) is 5.11 Å². The molecule has 0 radical (unpaired) electrons. The Balaban J connectivity index is 1.84. The van der Waals surface area contributed by atoms with Gasteiger partial charge in [-0.05, 0) is 12.1 Å². The molecule has 1 heterocycles. The summed E-state index contributed by atoms with van der Waals surface area (Å²) < 4.78 is 0. The molecule has 1 aromatic carbocycles. The van der Waals surface area contributed by atoms with Gasteiger partial charge in [0.2, 0.25) is 5.91 Å². The van der Waals surface area contributed by atoms with Crippen LogP contribution in [0.3, 0.4) is 0 Å². The maximum absolute atomic E-state index is 12.1. The molecule has 1 saturated heterocycles. The number of rotatable bonds is 8. The van der Waals surface area contributed by atoms with Crippen molar-refractivity contribution in [1.82, 2.24) is 9.80 Å². The van der Waals surface area contributed by atoms with Crippen molar-refractivity contribution in [2.75, 3.05) is 51.2 Å². The summed E-state index contributed by atoms with van der Waals surface area (Å²) in [5, 5.41) is 30.4. The number of phenols is 1. The molecule has 1 aliphatic rings. The van der Waals surface area contributed by atoms with Crippen molar-refractivity contribution < 1.29 is 24.9 Å². The SMILES string of the molecule is O=C(CC(CN1CCN(CCO)CC1)C(=O)O)Nc1cccc(O)c1. The molecule has 1 unspecified atom stereocenters. The van der Waals surface area contributed by atoms with Gasteiger partial charge in [-0.15, -0.1) is 0 Å². The largest absolute Gasteiger partial charge is 0.508 e. The third-order valence-corrected chi connectivity index (χ3v) is 4.27. The number of hydrogen-bond acceptors (Lipinski definition) is 6. The summed E-state index contributed by atoms with van der Waals surface area (Å²) in [6.45, 7) is 4.06. The first kappa shape index (κ1) is 19.2. The van der Waals surface area contributed by atoms with E-state index in [2.05, 4.69) is 10.2 Å². The van der Waals surface area contributed by atoms with Gasteiger partial charge in [-0.1, -0.05) is 6.07 Å². The first-order valence-electron chi connectivity index (χ1n) is 8.35. The Morgan fingerprint density at radius 1 is 1.16 bits per heavy atom. The van der Waals surface area contributed by atoms with Crippen LogP contribution in [0.15, 0.2) is 24.3 Å². The summed E-state index contributed by atoms with van der Waals surface area (Å²) in [4.78, 5) is 27.8. The number of phenolic OH excluding ortho intramolecular Hbond substituents is 1. The number of anilines is 1. The van der Waals surface area contributed by atoms with Crippen LogP contribution >= 0.6 is 0 Å². The van der Waals surface area contributed by atoms with Crippen molar-refractivity contribution in [2.45, 2.75) is 6.42 Å². The first-order valence-corrected chi connectivity index (χ1v) is 8.35. The lowest BCUT2D eigenvalue weighted by Crippen LogP contribution is -2.49. The highest BCUT2D eigenvalue weighted by atomic mass is 16.4. The molecule has 138 valence electrons. The van der Waals surface area contributed by atoms with Crippen molar-refractivity contribution in [3.8, 4) is 5.75 Å². The van der Waals surface area contributed by atoms with Crippen LogP contribution in [0.2, 0.25) is 0 Å². The van der Waals surface area contributed by atoms with Gasteiger partial charge >= 0.3 is 5.97 Å². The Labute approximate surface area is 146 Å². The number of piperazine rings is 1. The average molecular weight is 351 g/mol. The molecular formula is C17H25N3O5. The van der Waals surface area contributed by atoms with E-state index < -0.39 is 17.8 Å². The van der Waals surface area contributed by atoms with Gasteiger partial charge in [-0.2, -0.15) is 0 Å². The Bertz CT molecular complexity index is 587. The Kier molecular flexibility index (Phi) is 7.17. The van der Waals surface area contributed by atoms with E-state index in [0.29, 0.717) is 18.8 Å². The van der Waals surface area contributed by atoms with E-state index in [0.717, 1.165) is 26.2 Å². The number of benzene rings is 1. The number of carboxylic acids is 1. The third-order valence-electron chi connectivity index (χ3n) is 4.27. The normalized spacial score (nSPS) is 17.2. The van der Waals surface area contributed by atoms with Gasteiger partial charge in [0.15, 0.2) is 0 Å². The van der Waals surface area contributed by atoms with Gasteiger partial charge in [-0.3, -0.25) is 19.4 Å². The number of β-amino-alcohol motifs (C(OH)–C–C–N with tert-alkyl or cyclic N) is 1. The quantitative estimate of drug-likeness (QED) is 0.523. The van der Waals surface area contributed by atoms with Crippen molar-refractivity contribution in [3.05, 3.63) is 24.3 Å². The zero-order valence-electron chi connectivity index (χ0n) is 14.1. The highest BCUT2D eigenvalue weighted by Crippen LogP contribution is 2.17. The molecule has 0 aromatic heterocycles. The summed E-state index contributed by atoms with van der Waals surface area (Å²) in [6, 6.07) is 6.14. The molecule has 25 heavy (non-hydrogen) atoms. The molecule has 1 fully saturated rings. The van der Waals surface area contributed by atoms with Crippen molar-refractivity contribution in [2.24, 2.45) is 5.92 Å². The van der Waals surface area contributed by atoms with Crippen molar-refractivity contribution in [3.63, 3.8) is 0 Å². The molecule has 4 N–H and O–H groups in total. The van der Waals surface area contributed by atoms with E-state index >= 15 is 0 Å². The topological polar surface area (TPSA) is 113 Å². The smallest absolute Gasteiger partial charge is 0.308 e. The summed E-state index contributed by atoms with van der Waals surface area (Å²) in [5.74, 6) is -2.14. The second-order valence-corrected chi connectivity index (χ2v) is 6.20. The highest BCUT2D eigenvalue weighted by Gasteiger charge is 2.26. The maximum Gasteiger partial charge on any atom is 0.308 e. The monoisotopic (exact) mass is 351 g/mol. The summed E-state index contributed by atoms with van der Waals surface area (Å²) in [6.07, 6.45) is -0.123. The number of hydrogen-bond donors (Lipinski definition) is 4. The first-order chi connectivity index (χ1) is 12.0. The van der Waals surface area contributed by atoms with E-state index in [-0.39, 0.29) is 18.8 Å². The molecule has 8 nitrogen and oxygen atoms in total. The number of aromatic hydroxyl groups is 1. The number of carbonyl (C=O) groups is 2. The summed E-state index contributed by atoms with van der Waals surface area (Å²) >= 11 is 0. The van der Waals surface area contributed by atoms with Crippen LogP contribution in [-0.4, -0.2) is 82.9 Å². The number of aliphatic hydroxyl groups is 1. The molecule has 1 aliphatic heterocycles. The number of aliphatic hydroxyl groups excluding tert-OH is 1. The molecule has 0 spiro atoms. The average Bonchev–Trinajstić information content (AvgIpc) is 2.56. The number of amides is 1. The van der Waals surface area contributed by atoms with E-state index in [1.165, 1.54) is 12.1 Å². The number of nitrogens with zero attached hydrogens (tertiary/aromatic N) is 2. The van der Waals surface area contributed by atoms with Crippen LogP contribution in [0, 0.1) is 5.92 Å². The summed E-state index contributed by atoms with van der Waals surface area (Å²) in [7, 11) is 0. The minimum Gasteiger partial charge on any atom is -0.508 e. The second kappa shape index (κ2) is 9.36. The van der Waals surface area contributed by atoms with E-state index in [1.54, 1.807) is 12.1 Å². The zero-order chi connectivity index (χ0) is 18.2. The van der Waals surface area contributed by atoms with E-state index in [1.807, 2.05) is 4.90 Å². The van der Waals surface area contributed by atoms with Crippen LogP contribution in [0.25, 0.3) is 0 Å². The van der Waals surface area contributed by atoms with Crippen molar-refractivity contribution in [1.29, 1.82) is 0 Å². The molecule has 0 bridgehead atoms. The fourth-order valence-corrected chi connectivity index (χ4v) is 2.90. The zero-order valence-corrected chi connectivity index (χ0v) is 14.1. The standard InChI is InChI=1S/C17H25N3O5/c21-9-8-19-4-6-20(7-5-19)12-13(17(24)25)10-16(23)18-14-2-1-3-15(22)11-14/h1-3,11,13,21-22H,4-10,12H2,(H,18,23)(H,24,25). The molecule has 1 amide bonds. The molecule has 8 heteroatoms. The summed E-state index contributed by atoms with van der Waals surface area (Å²) in [5.41, 5.74) is 0.437. The Morgan fingerprint density at radius 3 is 2.44 bits per heavy atom. The fourth-order valence-electron chi connectivity index (χ4n) is 2.90. The van der Waals surface area contributed by atoms with Crippen LogP contribution < -0.4 is 5.32 Å². The number of carboxylic acid groups (broad SMARTS) is 1. The second-order valence-electron chi connectivity index (χ2n) is 6.20. The van der Waals surface area contributed by atoms with Crippen LogP contribution in [0.5, 0.6) is 5.75 Å². The molecular weight excluding hydrogens is 326 g/mol. The van der Waals surface area contributed by atoms with Crippen LogP contribution in [0.4, 0.5) is 5.69 Å². The molecule has 1 aromatic rings. The molecule has 0 aliphatic carbocycles. The predicted molar refractivity (Wildman–Crippen MR) is 92.4 cm³/mol. The highest BCUT2D eigenvalue weighted by molar-refractivity contribution is 5.93. The maximum atomic E-state index is 12.1. The van der Waals surface area contributed by atoms with Gasteiger partial charge in [0.05, 0.1) is 12.5 Å². The molecule has 2 rings (SSSR count). The molecule has 1 atom stereocenters. The number of nitrogens with one attached hydrogen (secondary N) is 1. The van der Waals surface area contributed by atoms with Gasteiger partial charge in [0.25, 0.3) is 0 Å². The van der Waals surface area contributed by atoms with Crippen LogP contribution in [-0.2, 0) is 9.59 Å². The lowest BCUT2D eigenvalue weighted by Gasteiger charge is -2.35. The van der Waals surface area contributed by atoms with Crippen molar-refractivity contribution >= 4 is 17.6 Å². The number of aliphatic carboxylic acids is 1. The van der Waals surface area contributed by atoms with Gasteiger partial charge in [0, 0.05) is 57.4 Å². The lowest BCUT2D eigenvalue weighted by atomic mass is 10.0. The predicted octanol–water partition coefficient (Wildman–Crippen LogP) is 0.0315. The molecule has 0 saturated carbocycles. The van der Waals surface area contributed by atoms with E-state index in [9.17, 15) is 19.8 Å². The van der Waals surface area contributed by atoms with Crippen LogP contribution in [0.1, 0.15) is 6.42 Å². The van der Waals surface area contributed by atoms with Gasteiger partial charge < -0.3 is 20.6 Å².